The molecule has 1 N–H and O–H groups in total. The van der Waals surface area contributed by atoms with Gasteiger partial charge in [-0.05, 0) is 13.3 Å². The van der Waals surface area contributed by atoms with Crippen molar-refractivity contribution in [2.24, 2.45) is 0 Å². The molecule has 1 heterocycles. The minimum absolute atomic E-state index is 0.133. The number of hydrogen-bond acceptors (Lipinski definition) is 2. The van der Waals surface area contributed by atoms with E-state index in [4.69, 9.17) is 4.74 Å². The Morgan fingerprint density at radius 1 is 1.78 bits per heavy atom. The predicted molar refractivity (Wildman–Crippen MR) is 33.0 cm³/mol. The van der Waals surface area contributed by atoms with Crippen molar-refractivity contribution in [2.45, 2.75) is 31.7 Å². The molecule has 0 aromatic rings. The summed E-state index contributed by atoms with van der Waals surface area (Å²) in [5, 5.41) is 9.19. The minimum atomic E-state index is -0.330. The zero-order chi connectivity index (χ0) is 6.43. The summed E-state index contributed by atoms with van der Waals surface area (Å²) in [7, 11) is 0. The van der Waals surface area contributed by atoms with Crippen molar-refractivity contribution in [1.82, 2.24) is 0 Å². The lowest BCUT2D eigenvalue weighted by molar-refractivity contribution is 0.177. The van der Waals surface area contributed by atoms with E-state index in [-0.39, 0.29) is 12.2 Å². The van der Waals surface area contributed by atoms with Crippen LogP contribution in [0.3, 0.4) is 0 Å². The molecule has 2 unspecified atom stereocenters. The van der Waals surface area contributed by atoms with Crippen LogP contribution >= 0.6 is 0 Å². The maximum absolute atomic E-state index is 9.19. The van der Waals surface area contributed by atoms with E-state index in [1.165, 1.54) is 5.57 Å². The van der Waals surface area contributed by atoms with Crippen LogP contribution in [0, 0.1) is 0 Å². The molecule has 1 fully saturated rings. The van der Waals surface area contributed by atoms with Gasteiger partial charge in [-0.25, -0.2) is 0 Å². The Labute approximate surface area is 54.1 Å². The molecule has 0 radical (unpaired) electrons. The highest BCUT2D eigenvalue weighted by Gasteiger charge is 2.45. The van der Waals surface area contributed by atoms with E-state index < -0.39 is 0 Å². The maximum atomic E-state index is 9.19. The van der Waals surface area contributed by atoms with E-state index in [9.17, 15) is 5.11 Å². The van der Waals surface area contributed by atoms with E-state index in [1.54, 1.807) is 0 Å². The zero-order valence-electron chi connectivity index (χ0n) is 5.37. The van der Waals surface area contributed by atoms with E-state index in [1.807, 2.05) is 13.0 Å². The standard InChI is InChI=1S/C7H10O2/c1-4-2-5(8)7-6(3-4)9-7/h2,5-8H,3H2,1H3/t5-,6?,7?/m0/s1. The molecule has 0 aromatic heterocycles. The van der Waals surface area contributed by atoms with E-state index >= 15 is 0 Å². The predicted octanol–water partition coefficient (Wildman–Crippen LogP) is 0.465. The van der Waals surface area contributed by atoms with E-state index in [0.717, 1.165) is 6.42 Å². The molecule has 0 saturated carbocycles. The normalized spacial score (nSPS) is 47.8. The van der Waals surface area contributed by atoms with Crippen LogP contribution in [0.15, 0.2) is 11.6 Å². The van der Waals surface area contributed by atoms with Gasteiger partial charge in [0, 0.05) is 0 Å². The summed E-state index contributed by atoms with van der Waals surface area (Å²) in [4.78, 5) is 0. The fraction of sp³-hybridized carbons (Fsp3) is 0.714. The molecule has 0 spiro atoms. The lowest BCUT2D eigenvalue weighted by atomic mass is 9.99. The Hall–Kier alpha value is -0.340. The second-order valence-electron chi connectivity index (χ2n) is 2.85. The Morgan fingerprint density at radius 2 is 2.56 bits per heavy atom. The minimum Gasteiger partial charge on any atom is -0.386 e. The van der Waals surface area contributed by atoms with Crippen LogP contribution in [0.5, 0.6) is 0 Å². The molecule has 0 bridgehead atoms. The number of rotatable bonds is 0. The highest BCUT2D eigenvalue weighted by Crippen LogP contribution is 2.35. The quantitative estimate of drug-likeness (QED) is 0.378. The van der Waals surface area contributed by atoms with Crippen LogP contribution in [0.1, 0.15) is 13.3 Å². The molecule has 0 aromatic carbocycles. The Morgan fingerprint density at radius 3 is 3.22 bits per heavy atom. The van der Waals surface area contributed by atoms with Crippen molar-refractivity contribution in [1.29, 1.82) is 0 Å². The van der Waals surface area contributed by atoms with Gasteiger partial charge in [-0.15, -0.1) is 0 Å². The van der Waals surface area contributed by atoms with Gasteiger partial charge < -0.3 is 9.84 Å². The Balaban J connectivity index is 2.16. The van der Waals surface area contributed by atoms with E-state index in [0.29, 0.717) is 6.10 Å². The summed E-state index contributed by atoms with van der Waals surface area (Å²) in [6.45, 7) is 2.03. The van der Waals surface area contributed by atoms with Crippen molar-refractivity contribution >= 4 is 0 Å². The summed E-state index contributed by atoms with van der Waals surface area (Å²) in [6, 6.07) is 0. The van der Waals surface area contributed by atoms with Gasteiger partial charge in [0.15, 0.2) is 0 Å². The lowest BCUT2D eigenvalue weighted by Gasteiger charge is -2.08. The van der Waals surface area contributed by atoms with Gasteiger partial charge in [-0.3, -0.25) is 0 Å². The molecule has 50 valence electrons. The first-order valence-corrected chi connectivity index (χ1v) is 3.28. The lowest BCUT2D eigenvalue weighted by Crippen LogP contribution is -2.18. The molecule has 1 aliphatic heterocycles. The van der Waals surface area contributed by atoms with Crippen molar-refractivity contribution in [3.8, 4) is 0 Å². The number of ether oxygens (including phenoxy) is 1. The molecule has 9 heavy (non-hydrogen) atoms. The van der Waals surface area contributed by atoms with Crippen LogP contribution in [-0.4, -0.2) is 23.4 Å². The summed E-state index contributed by atoms with van der Waals surface area (Å²) in [5.74, 6) is 0. The van der Waals surface area contributed by atoms with Gasteiger partial charge in [0.1, 0.15) is 12.2 Å². The summed E-state index contributed by atoms with van der Waals surface area (Å²) in [5.41, 5.74) is 1.25. The Kier molecular flexibility index (Phi) is 0.957. The topological polar surface area (TPSA) is 32.8 Å². The van der Waals surface area contributed by atoms with E-state index in [2.05, 4.69) is 0 Å². The summed E-state index contributed by atoms with van der Waals surface area (Å²) >= 11 is 0. The first-order chi connectivity index (χ1) is 4.27. The molecular weight excluding hydrogens is 116 g/mol. The van der Waals surface area contributed by atoms with Crippen LogP contribution in [0.25, 0.3) is 0 Å². The average Bonchev–Trinajstić information content (AvgIpc) is 2.43. The first kappa shape index (κ1) is 5.45. The van der Waals surface area contributed by atoms with Gasteiger partial charge in [0.2, 0.25) is 0 Å². The molecule has 1 aliphatic carbocycles. The van der Waals surface area contributed by atoms with Crippen LogP contribution in [-0.2, 0) is 4.74 Å². The third-order valence-corrected chi connectivity index (χ3v) is 1.94. The van der Waals surface area contributed by atoms with Crippen LogP contribution < -0.4 is 0 Å². The van der Waals surface area contributed by atoms with Gasteiger partial charge in [-0.1, -0.05) is 11.6 Å². The number of fused-ring (bicyclic) bond motifs is 1. The SMILES string of the molecule is CC1=C[C@H](O)C2OC2C1. The second-order valence-corrected chi connectivity index (χ2v) is 2.85. The molecule has 2 heteroatoms. The fourth-order valence-corrected chi connectivity index (χ4v) is 1.39. The number of aliphatic hydroxyl groups excluding tert-OH is 1. The number of aliphatic hydroxyl groups is 1. The monoisotopic (exact) mass is 126 g/mol. The molecule has 2 aliphatic rings. The van der Waals surface area contributed by atoms with Gasteiger partial charge in [0.25, 0.3) is 0 Å². The molecule has 1 saturated heterocycles. The fourth-order valence-electron chi connectivity index (χ4n) is 1.39. The van der Waals surface area contributed by atoms with Gasteiger partial charge in [0.05, 0.1) is 6.10 Å². The van der Waals surface area contributed by atoms with Crippen LogP contribution in [0.4, 0.5) is 0 Å². The number of hydrogen-bond donors (Lipinski definition) is 1. The molecule has 3 atom stereocenters. The first-order valence-electron chi connectivity index (χ1n) is 3.28. The second kappa shape index (κ2) is 1.58. The highest BCUT2D eigenvalue weighted by molar-refractivity contribution is 5.17. The third-order valence-electron chi connectivity index (χ3n) is 1.94. The van der Waals surface area contributed by atoms with Crippen molar-refractivity contribution in [3.05, 3.63) is 11.6 Å². The molecule has 2 nitrogen and oxygen atoms in total. The van der Waals surface area contributed by atoms with Gasteiger partial charge in [-0.2, -0.15) is 0 Å². The summed E-state index contributed by atoms with van der Waals surface area (Å²) in [6.07, 6.45) is 3.04. The van der Waals surface area contributed by atoms with Crippen LogP contribution in [0.2, 0.25) is 0 Å². The average molecular weight is 126 g/mol. The molecule has 2 rings (SSSR count). The zero-order valence-corrected chi connectivity index (χ0v) is 5.37. The smallest absolute Gasteiger partial charge is 0.114 e. The molecule has 0 amide bonds. The van der Waals surface area contributed by atoms with Crippen molar-refractivity contribution in [3.63, 3.8) is 0 Å². The summed E-state index contributed by atoms with van der Waals surface area (Å²) < 4.78 is 5.16. The molecular formula is C7H10O2. The van der Waals surface area contributed by atoms with Crippen molar-refractivity contribution < 1.29 is 9.84 Å². The Bertz CT molecular complexity index is 162. The maximum Gasteiger partial charge on any atom is 0.114 e. The number of epoxide rings is 1. The third kappa shape index (κ3) is 0.787. The van der Waals surface area contributed by atoms with Gasteiger partial charge >= 0.3 is 0 Å². The largest absolute Gasteiger partial charge is 0.386 e. The highest BCUT2D eigenvalue weighted by atomic mass is 16.6. The van der Waals surface area contributed by atoms with Crippen molar-refractivity contribution in [2.75, 3.05) is 0 Å².